The van der Waals surface area contributed by atoms with E-state index >= 15 is 0 Å². The Balaban J connectivity index is 1.47. The van der Waals surface area contributed by atoms with E-state index in [0.717, 1.165) is 42.1 Å². The Morgan fingerprint density at radius 3 is 2.71 bits per heavy atom. The summed E-state index contributed by atoms with van der Waals surface area (Å²) in [6.07, 6.45) is 5.89. The van der Waals surface area contributed by atoms with Gasteiger partial charge in [0.25, 0.3) is 5.56 Å². The zero-order chi connectivity index (χ0) is 19.3. The van der Waals surface area contributed by atoms with Crippen molar-refractivity contribution in [2.24, 2.45) is 0 Å². The van der Waals surface area contributed by atoms with Crippen LogP contribution < -0.4 is 10.3 Å². The topological polar surface area (TPSA) is 71.1 Å². The van der Waals surface area contributed by atoms with Crippen molar-refractivity contribution in [3.8, 4) is 17.1 Å². The van der Waals surface area contributed by atoms with E-state index in [1.165, 1.54) is 5.56 Å². The second-order valence-electron chi connectivity index (χ2n) is 6.78. The number of nitrogens with one attached hydrogen (secondary N) is 1. The highest BCUT2D eigenvalue weighted by Crippen LogP contribution is 2.20. The molecule has 0 spiro atoms. The molecular weight excluding hydrogens is 352 g/mol. The van der Waals surface area contributed by atoms with Crippen LogP contribution in [0.25, 0.3) is 11.4 Å². The lowest BCUT2D eigenvalue weighted by Gasteiger charge is -2.27. The lowest BCUT2D eigenvalue weighted by atomic mass is 10.1. The molecule has 1 aliphatic heterocycles. The van der Waals surface area contributed by atoms with Crippen LogP contribution in [-0.2, 0) is 19.5 Å². The summed E-state index contributed by atoms with van der Waals surface area (Å²) in [7, 11) is 0. The fraction of sp³-hybridized carbons (Fsp3) is 0.227. The van der Waals surface area contributed by atoms with Crippen molar-refractivity contribution >= 4 is 0 Å². The summed E-state index contributed by atoms with van der Waals surface area (Å²) in [6.45, 7) is 6.40. The summed E-state index contributed by atoms with van der Waals surface area (Å²) in [4.78, 5) is 26.5. The molecule has 3 aromatic rings. The van der Waals surface area contributed by atoms with Gasteiger partial charge in [-0.05, 0) is 29.8 Å². The van der Waals surface area contributed by atoms with Crippen LogP contribution in [0.15, 0.2) is 66.2 Å². The molecular formula is C22H22N4O2. The Morgan fingerprint density at radius 1 is 1.18 bits per heavy atom. The number of aromatic amines is 1. The van der Waals surface area contributed by atoms with Gasteiger partial charge in [0.15, 0.2) is 0 Å². The number of fused-ring (bicyclic) bond motifs is 1. The fourth-order valence-electron chi connectivity index (χ4n) is 3.37. The van der Waals surface area contributed by atoms with Gasteiger partial charge in [0.2, 0.25) is 0 Å². The fourth-order valence-corrected chi connectivity index (χ4v) is 3.37. The van der Waals surface area contributed by atoms with E-state index in [1.54, 1.807) is 18.5 Å². The Hall–Kier alpha value is -3.25. The Morgan fingerprint density at radius 2 is 1.96 bits per heavy atom. The summed E-state index contributed by atoms with van der Waals surface area (Å²) < 4.78 is 5.52. The third-order valence-electron chi connectivity index (χ3n) is 4.80. The van der Waals surface area contributed by atoms with Crippen molar-refractivity contribution in [1.82, 2.24) is 19.9 Å². The molecule has 0 amide bonds. The zero-order valence-corrected chi connectivity index (χ0v) is 15.6. The number of ether oxygens (including phenoxy) is 1. The van der Waals surface area contributed by atoms with Crippen molar-refractivity contribution < 1.29 is 4.74 Å². The van der Waals surface area contributed by atoms with E-state index < -0.39 is 0 Å². The average Bonchev–Trinajstić information content (AvgIpc) is 2.74. The number of aromatic nitrogens is 3. The summed E-state index contributed by atoms with van der Waals surface area (Å²) >= 11 is 0. The number of nitrogens with zero attached hydrogens (tertiary/aromatic N) is 3. The number of hydrogen-bond acceptors (Lipinski definition) is 5. The molecule has 3 heterocycles. The van der Waals surface area contributed by atoms with Crippen LogP contribution in [0.4, 0.5) is 0 Å². The highest BCUT2D eigenvalue weighted by molar-refractivity contribution is 5.54. The maximum Gasteiger partial charge on any atom is 0.255 e. The van der Waals surface area contributed by atoms with Crippen LogP contribution >= 0.6 is 0 Å². The van der Waals surface area contributed by atoms with Crippen LogP contribution in [-0.4, -0.2) is 33.0 Å². The molecule has 1 N–H and O–H groups in total. The summed E-state index contributed by atoms with van der Waals surface area (Å²) in [5.74, 6) is 1.44. The van der Waals surface area contributed by atoms with Crippen LogP contribution in [0.3, 0.4) is 0 Å². The first-order valence-corrected chi connectivity index (χ1v) is 9.30. The maximum absolute atomic E-state index is 12.6. The number of pyridine rings is 1. The van der Waals surface area contributed by atoms with E-state index in [9.17, 15) is 4.79 Å². The van der Waals surface area contributed by atoms with Crippen molar-refractivity contribution in [3.63, 3.8) is 0 Å². The monoisotopic (exact) mass is 374 g/mol. The Kier molecular flexibility index (Phi) is 5.30. The molecule has 0 fully saturated rings. The third kappa shape index (κ3) is 4.02. The van der Waals surface area contributed by atoms with Gasteiger partial charge in [0.05, 0.1) is 11.3 Å². The predicted molar refractivity (Wildman–Crippen MR) is 108 cm³/mol. The van der Waals surface area contributed by atoms with E-state index in [0.29, 0.717) is 19.0 Å². The van der Waals surface area contributed by atoms with Gasteiger partial charge in [0.1, 0.15) is 18.2 Å². The average molecular weight is 374 g/mol. The van der Waals surface area contributed by atoms with Gasteiger partial charge < -0.3 is 9.72 Å². The van der Waals surface area contributed by atoms with E-state index in [1.807, 2.05) is 24.3 Å². The number of rotatable bonds is 6. The Labute approximate surface area is 163 Å². The van der Waals surface area contributed by atoms with Gasteiger partial charge in [-0.25, -0.2) is 4.98 Å². The standard InChI is InChI=1S/C22H22N4O2/c1-2-13-28-18-5-3-16(4-6-18)14-26-12-9-20-19(15-26)22(27)25-21(24-20)17-7-10-23-11-8-17/h2-8,10-11H,1,9,12-15H2,(H,24,25,27). The molecule has 0 aliphatic carbocycles. The third-order valence-corrected chi connectivity index (χ3v) is 4.80. The summed E-state index contributed by atoms with van der Waals surface area (Å²) in [6, 6.07) is 11.7. The number of hydrogen-bond donors (Lipinski definition) is 1. The van der Waals surface area contributed by atoms with Crippen molar-refractivity contribution in [2.45, 2.75) is 19.5 Å². The highest BCUT2D eigenvalue weighted by Gasteiger charge is 2.21. The minimum Gasteiger partial charge on any atom is -0.490 e. The Bertz CT molecular complexity index is 1010. The molecule has 2 aromatic heterocycles. The van der Waals surface area contributed by atoms with Crippen molar-refractivity contribution in [3.05, 3.63) is 88.6 Å². The molecule has 142 valence electrons. The molecule has 0 bridgehead atoms. The summed E-state index contributed by atoms with van der Waals surface area (Å²) in [5, 5.41) is 0. The molecule has 0 atom stereocenters. The second-order valence-corrected chi connectivity index (χ2v) is 6.78. The molecule has 0 unspecified atom stereocenters. The maximum atomic E-state index is 12.6. The first kappa shape index (κ1) is 18.1. The minimum atomic E-state index is -0.0605. The lowest BCUT2D eigenvalue weighted by molar-refractivity contribution is 0.241. The van der Waals surface area contributed by atoms with E-state index in [-0.39, 0.29) is 5.56 Å². The van der Waals surface area contributed by atoms with Crippen LogP contribution in [0.1, 0.15) is 16.8 Å². The predicted octanol–water partition coefficient (Wildman–Crippen LogP) is 2.96. The lowest BCUT2D eigenvalue weighted by Crippen LogP contribution is -2.35. The van der Waals surface area contributed by atoms with Crippen LogP contribution in [0.5, 0.6) is 5.75 Å². The molecule has 0 saturated heterocycles. The van der Waals surface area contributed by atoms with Gasteiger partial charge >= 0.3 is 0 Å². The quantitative estimate of drug-likeness (QED) is 0.672. The number of benzene rings is 1. The molecule has 4 rings (SSSR count). The molecule has 28 heavy (non-hydrogen) atoms. The second kappa shape index (κ2) is 8.19. The number of H-pyrrole nitrogens is 1. The van der Waals surface area contributed by atoms with E-state index in [4.69, 9.17) is 9.72 Å². The summed E-state index contributed by atoms with van der Waals surface area (Å²) in [5.41, 5.74) is 3.65. The van der Waals surface area contributed by atoms with E-state index in [2.05, 4.69) is 33.6 Å². The van der Waals surface area contributed by atoms with Gasteiger partial charge in [-0.2, -0.15) is 0 Å². The molecule has 1 aliphatic rings. The van der Waals surface area contributed by atoms with Gasteiger partial charge in [-0.1, -0.05) is 24.8 Å². The highest BCUT2D eigenvalue weighted by atomic mass is 16.5. The van der Waals surface area contributed by atoms with Gasteiger partial charge in [0, 0.05) is 44.0 Å². The van der Waals surface area contributed by atoms with Gasteiger partial charge in [-0.3, -0.25) is 14.7 Å². The zero-order valence-electron chi connectivity index (χ0n) is 15.6. The molecule has 0 saturated carbocycles. The molecule has 6 nitrogen and oxygen atoms in total. The molecule has 6 heteroatoms. The van der Waals surface area contributed by atoms with Crippen LogP contribution in [0.2, 0.25) is 0 Å². The normalized spacial score (nSPS) is 13.7. The van der Waals surface area contributed by atoms with Crippen LogP contribution in [0, 0.1) is 0 Å². The first-order valence-electron chi connectivity index (χ1n) is 9.30. The minimum absolute atomic E-state index is 0.0605. The molecule has 1 aromatic carbocycles. The first-order chi connectivity index (χ1) is 13.7. The largest absolute Gasteiger partial charge is 0.490 e. The van der Waals surface area contributed by atoms with Crippen molar-refractivity contribution in [1.29, 1.82) is 0 Å². The smallest absolute Gasteiger partial charge is 0.255 e. The van der Waals surface area contributed by atoms with Crippen molar-refractivity contribution in [2.75, 3.05) is 13.2 Å². The SMILES string of the molecule is C=CCOc1ccc(CN2CCc3nc(-c4ccncc4)[nH]c(=O)c3C2)cc1. The molecule has 0 radical (unpaired) electrons. The van der Waals surface area contributed by atoms with Gasteiger partial charge in [-0.15, -0.1) is 0 Å².